The van der Waals surface area contributed by atoms with E-state index >= 15 is 0 Å². The largest absolute Gasteiger partial charge is 0.300 e. The van der Waals surface area contributed by atoms with E-state index in [1.807, 2.05) is 0 Å². The van der Waals surface area contributed by atoms with Gasteiger partial charge in [-0.05, 0) is 36.0 Å². The summed E-state index contributed by atoms with van der Waals surface area (Å²) >= 11 is 0. The highest BCUT2D eigenvalue weighted by Crippen LogP contribution is 2.21. The molecule has 0 amide bonds. The summed E-state index contributed by atoms with van der Waals surface area (Å²) in [5.74, 6) is 0. The molecule has 3 heterocycles. The van der Waals surface area contributed by atoms with Gasteiger partial charge in [-0.3, -0.25) is 0 Å². The molecule has 1 aromatic rings. The van der Waals surface area contributed by atoms with Crippen molar-refractivity contribution in [2.75, 3.05) is 58.9 Å². The summed E-state index contributed by atoms with van der Waals surface area (Å²) in [7, 11) is 0. The van der Waals surface area contributed by atoms with E-state index < -0.39 is 0 Å². The molecule has 3 nitrogen and oxygen atoms in total. The molecule has 3 fully saturated rings. The molecule has 0 atom stereocenters. The van der Waals surface area contributed by atoms with Crippen molar-refractivity contribution in [2.24, 2.45) is 0 Å². The fraction of sp³-hybridized carbons (Fsp3) is 0.667. The minimum absolute atomic E-state index is 1.24. The maximum atomic E-state index is 2.55. The molecular weight excluding hydrogens is 258 g/mol. The summed E-state index contributed by atoms with van der Waals surface area (Å²) in [6.45, 7) is 11.7. The van der Waals surface area contributed by atoms with Crippen molar-refractivity contribution in [2.45, 2.75) is 19.3 Å². The van der Waals surface area contributed by atoms with Gasteiger partial charge >= 0.3 is 0 Å². The van der Waals surface area contributed by atoms with Gasteiger partial charge in [0.05, 0.1) is 0 Å². The summed E-state index contributed by atoms with van der Waals surface area (Å²) in [5.41, 5.74) is 4.91. The molecule has 21 heavy (non-hydrogen) atoms. The maximum Gasteiger partial charge on any atom is 0.0110 e. The molecular formula is C18H27N3. The molecule has 0 saturated carbocycles. The van der Waals surface area contributed by atoms with Gasteiger partial charge in [0.2, 0.25) is 0 Å². The summed E-state index contributed by atoms with van der Waals surface area (Å²) in [6.07, 6.45) is 3.74. The zero-order valence-electron chi connectivity index (χ0n) is 13.1. The quantitative estimate of drug-likeness (QED) is 0.632. The lowest BCUT2D eigenvalue weighted by Crippen LogP contribution is -2.13. The number of hydrogen-bond acceptors (Lipinski definition) is 3. The lowest BCUT2D eigenvalue weighted by molar-refractivity contribution is 0.539. The highest BCUT2D eigenvalue weighted by molar-refractivity contribution is 5.36. The number of hydrogen-bond donors (Lipinski definition) is 0. The Morgan fingerprint density at radius 3 is 1.48 bits per heavy atom. The average Bonchev–Trinajstić information content (AvgIpc) is 3.38. The van der Waals surface area contributed by atoms with Crippen LogP contribution in [-0.2, 0) is 19.3 Å². The Kier molecular flexibility index (Phi) is 3.97. The molecule has 3 heteroatoms. The fourth-order valence-corrected chi connectivity index (χ4v) is 3.19. The van der Waals surface area contributed by atoms with Crippen molar-refractivity contribution in [3.05, 3.63) is 34.9 Å². The monoisotopic (exact) mass is 285 g/mol. The van der Waals surface area contributed by atoms with Crippen LogP contribution in [0.2, 0.25) is 0 Å². The van der Waals surface area contributed by atoms with Crippen molar-refractivity contribution in [3.63, 3.8) is 0 Å². The van der Waals surface area contributed by atoms with Crippen molar-refractivity contribution < 1.29 is 0 Å². The van der Waals surface area contributed by atoms with Gasteiger partial charge in [0.25, 0.3) is 0 Å². The first-order valence-electron chi connectivity index (χ1n) is 8.65. The second-order valence-corrected chi connectivity index (χ2v) is 6.83. The van der Waals surface area contributed by atoms with Crippen LogP contribution in [0.4, 0.5) is 0 Å². The van der Waals surface area contributed by atoms with E-state index in [0.717, 1.165) is 0 Å². The van der Waals surface area contributed by atoms with E-state index in [1.165, 1.54) is 78.2 Å². The van der Waals surface area contributed by atoms with Crippen molar-refractivity contribution in [3.8, 4) is 0 Å². The van der Waals surface area contributed by atoms with Crippen molar-refractivity contribution in [1.82, 2.24) is 14.7 Å². The molecule has 3 aliphatic heterocycles. The van der Waals surface area contributed by atoms with Gasteiger partial charge in [0.15, 0.2) is 0 Å². The highest BCUT2D eigenvalue weighted by Gasteiger charge is 2.21. The van der Waals surface area contributed by atoms with Gasteiger partial charge in [-0.15, -0.1) is 0 Å². The van der Waals surface area contributed by atoms with E-state index in [2.05, 4.69) is 32.9 Å². The van der Waals surface area contributed by atoms with Crippen LogP contribution >= 0.6 is 0 Å². The Bertz CT molecular complexity index is 453. The lowest BCUT2D eigenvalue weighted by atomic mass is 9.94. The van der Waals surface area contributed by atoms with Gasteiger partial charge in [-0.25, -0.2) is 0 Å². The molecule has 1 aromatic carbocycles. The van der Waals surface area contributed by atoms with E-state index in [-0.39, 0.29) is 0 Å². The highest BCUT2D eigenvalue weighted by atomic mass is 15.3. The van der Waals surface area contributed by atoms with Crippen molar-refractivity contribution in [1.29, 1.82) is 0 Å². The van der Waals surface area contributed by atoms with Gasteiger partial charge in [0.1, 0.15) is 0 Å². The van der Waals surface area contributed by atoms with Gasteiger partial charge in [0, 0.05) is 58.9 Å². The van der Waals surface area contributed by atoms with E-state index in [0.29, 0.717) is 0 Å². The smallest absolute Gasteiger partial charge is 0.0110 e. The molecule has 0 N–H and O–H groups in total. The number of rotatable bonds is 9. The second-order valence-electron chi connectivity index (χ2n) is 6.83. The van der Waals surface area contributed by atoms with E-state index in [4.69, 9.17) is 0 Å². The summed E-state index contributed by atoms with van der Waals surface area (Å²) in [4.78, 5) is 7.63. The van der Waals surface area contributed by atoms with Crippen LogP contribution in [0.5, 0.6) is 0 Å². The molecule has 4 rings (SSSR count). The molecule has 0 aromatic heterocycles. The summed E-state index contributed by atoms with van der Waals surface area (Å²) in [5, 5.41) is 0. The van der Waals surface area contributed by atoms with Crippen LogP contribution in [0.15, 0.2) is 18.2 Å². The van der Waals surface area contributed by atoms with Gasteiger partial charge in [-0.1, -0.05) is 18.2 Å². The zero-order chi connectivity index (χ0) is 14.1. The van der Waals surface area contributed by atoms with E-state index in [9.17, 15) is 0 Å². The van der Waals surface area contributed by atoms with E-state index in [1.54, 1.807) is 16.7 Å². The Balaban J connectivity index is 1.45. The van der Waals surface area contributed by atoms with Crippen LogP contribution in [0.1, 0.15) is 16.7 Å². The first-order chi connectivity index (χ1) is 10.4. The normalized spacial score (nSPS) is 21.7. The molecule has 3 aliphatic rings. The average molecular weight is 285 g/mol. The molecule has 114 valence electrons. The van der Waals surface area contributed by atoms with Crippen LogP contribution in [0, 0.1) is 0 Å². The first-order valence-corrected chi connectivity index (χ1v) is 8.65. The van der Waals surface area contributed by atoms with Crippen LogP contribution in [0.3, 0.4) is 0 Å². The molecule has 0 radical (unpaired) electrons. The maximum absolute atomic E-state index is 2.55. The lowest BCUT2D eigenvalue weighted by Gasteiger charge is -2.16. The SMILES string of the molecule is c1cc(CCN2CC2)c(CCN2CC2)c(CCN2CC2)c1. The van der Waals surface area contributed by atoms with Crippen LogP contribution in [-0.4, -0.2) is 73.6 Å². The Morgan fingerprint density at radius 1 is 0.619 bits per heavy atom. The van der Waals surface area contributed by atoms with Gasteiger partial charge in [-0.2, -0.15) is 0 Å². The molecule has 0 spiro atoms. The zero-order valence-corrected chi connectivity index (χ0v) is 13.1. The molecule has 0 unspecified atom stereocenters. The summed E-state index contributed by atoms with van der Waals surface area (Å²) in [6, 6.07) is 7.04. The minimum atomic E-state index is 1.24. The fourth-order valence-electron chi connectivity index (χ4n) is 3.19. The third-order valence-electron chi connectivity index (χ3n) is 5.06. The third kappa shape index (κ3) is 4.06. The minimum Gasteiger partial charge on any atom is -0.300 e. The Morgan fingerprint density at radius 2 is 1.05 bits per heavy atom. The van der Waals surface area contributed by atoms with Crippen LogP contribution in [0.25, 0.3) is 0 Å². The Hall–Kier alpha value is -0.900. The topological polar surface area (TPSA) is 9.03 Å². The first kappa shape index (κ1) is 13.7. The second kappa shape index (κ2) is 6.07. The summed E-state index contributed by atoms with van der Waals surface area (Å²) < 4.78 is 0. The number of benzene rings is 1. The molecule has 3 saturated heterocycles. The van der Waals surface area contributed by atoms with Crippen LogP contribution < -0.4 is 0 Å². The molecule has 0 bridgehead atoms. The Labute approximate surface area is 128 Å². The standard InChI is InChI=1S/C18H27N3/c1-2-16(4-7-19-10-11-19)18(6-9-21-14-15-21)17(3-1)5-8-20-12-13-20/h1-3H,4-15H2. The third-order valence-corrected chi connectivity index (χ3v) is 5.06. The predicted octanol–water partition coefficient (Wildman–Crippen LogP) is 1.26. The predicted molar refractivity (Wildman–Crippen MR) is 86.9 cm³/mol. The molecule has 0 aliphatic carbocycles. The number of nitrogens with zero attached hydrogens (tertiary/aromatic N) is 3. The van der Waals surface area contributed by atoms with Gasteiger partial charge < -0.3 is 14.7 Å². The van der Waals surface area contributed by atoms with Crippen molar-refractivity contribution >= 4 is 0 Å².